The summed E-state index contributed by atoms with van der Waals surface area (Å²) in [5.41, 5.74) is 0.314. The highest BCUT2D eigenvalue weighted by Gasteiger charge is 2.38. The molecule has 4 nitrogen and oxygen atoms in total. The van der Waals surface area contributed by atoms with Gasteiger partial charge in [-0.25, -0.2) is 0 Å². The summed E-state index contributed by atoms with van der Waals surface area (Å²) in [6, 6.07) is 9.72. The molecule has 0 bridgehead atoms. The maximum Gasteiger partial charge on any atom is 0.437 e. The van der Waals surface area contributed by atoms with Gasteiger partial charge < -0.3 is 0 Å². The topological polar surface area (TPSA) is 55.7 Å². The van der Waals surface area contributed by atoms with E-state index in [1.54, 1.807) is 26.8 Å². The Morgan fingerprint density at radius 1 is 0.920 bits per heavy atom. The summed E-state index contributed by atoms with van der Waals surface area (Å²) in [5, 5.41) is 2.92. The number of hydrogen-bond acceptors (Lipinski definition) is 4. The first-order chi connectivity index (χ1) is 11.5. The van der Waals surface area contributed by atoms with E-state index in [-0.39, 0.29) is 10.5 Å². The van der Waals surface area contributed by atoms with E-state index in [2.05, 4.69) is 9.44 Å². The first-order valence-electron chi connectivity index (χ1n) is 7.23. The third kappa shape index (κ3) is 4.82. The maximum absolute atomic E-state index is 13.3. The fourth-order valence-electron chi connectivity index (χ4n) is 2.21. The van der Waals surface area contributed by atoms with Crippen LogP contribution in [0, 0.1) is 20.8 Å². The van der Waals surface area contributed by atoms with Gasteiger partial charge in [-0.2, -0.15) is 21.6 Å². The van der Waals surface area contributed by atoms with Crippen molar-refractivity contribution < 1.29 is 25.9 Å². The molecular formula is C17H16F3NO3S. The molecule has 2 aromatic carbocycles. The number of benzene rings is 2. The standard InChI is InChI=1S/C17H16F3NO3S/c1-11-4-6-15(7-5-11)25(22,23)24-21-16(17(18,19)20)14-9-12(2)8-13(3)10-14/h4-10H,1-3H3/b21-16+. The van der Waals surface area contributed by atoms with Crippen LogP contribution in [0.15, 0.2) is 52.5 Å². The molecule has 0 aliphatic carbocycles. The third-order valence-corrected chi connectivity index (χ3v) is 4.42. The van der Waals surface area contributed by atoms with E-state index in [9.17, 15) is 21.6 Å². The summed E-state index contributed by atoms with van der Waals surface area (Å²) < 4.78 is 68.3. The van der Waals surface area contributed by atoms with Gasteiger partial charge in [-0.3, -0.25) is 4.28 Å². The van der Waals surface area contributed by atoms with Crippen molar-refractivity contribution in [3.8, 4) is 0 Å². The molecule has 0 radical (unpaired) electrons. The van der Waals surface area contributed by atoms with Crippen molar-refractivity contribution in [2.45, 2.75) is 31.8 Å². The molecule has 0 saturated heterocycles. The minimum atomic E-state index is -4.87. The SMILES string of the molecule is Cc1ccc(S(=O)(=O)O/N=C(\c2cc(C)cc(C)c2)C(F)(F)F)cc1. The molecule has 134 valence electrons. The Kier molecular flexibility index (Phi) is 5.22. The van der Waals surface area contributed by atoms with Gasteiger partial charge in [-0.05, 0) is 45.0 Å². The van der Waals surface area contributed by atoms with E-state index in [4.69, 9.17) is 0 Å². The van der Waals surface area contributed by atoms with E-state index in [0.29, 0.717) is 11.1 Å². The molecule has 0 N–H and O–H groups in total. The molecular weight excluding hydrogens is 355 g/mol. The average Bonchev–Trinajstić information content (AvgIpc) is 2.45. The molecule has 2 aromatic rings. The lowest BCUT2D eigenvalue weighted by atomic mass is 10.0. The molecule has 0 aliphatic rings. The van der Waals surface area contributed by atoms with Gasteiger partial charge in [-0.1, -0.05) is 40.0 Å². The molecule has 2 rings (SSSR count). The van der Waals surface area contributed by atoms with Crippen LogP contribution >= 0.6 is 0 Å². The van der Waals surface area contributed by atoms with Crippen molar-refractivity contribution in [3.63, 3.8) is 0 Å². The van der Waals surface area contributed by atoms with E-state index < -0.39 is 22.0 Å². The molecule has 25 heavy (non-hydrogen) atoms. The third-order valence-electron chi connectivity index (χ3n) is 3.30. The monoisotopic (exact) mass is 371 g/mol. The van der Waals surface area contributed by atoms with Crippen LogP contribution in [0.4, 0.5) is 13.2 Å². The van der Waals surface area contributed by atoms with Crippen LogP contribution in [-0.4, -0.2) is 20.3 Å². The van der Waals surface area contributed by atoms with Gasteiger partial charge in [0, 0.05) is 5.56 Å². The Morgan fingerprint density at radius 3 is 1.92 bits per heavy atom. The van der Waals surface area contributed by atoms with Crippen molar-refractivity contribution in [1.29, 1.82) is 0 Å². The Morgan fingerprint density at radius 2 is 1.44 bits per heavy atom. The Balaban J connectivity index is 2.43. The summed E-state index contributed by atoms with van der Waals surface area (Å²) in [6.45, 7) is 5.01. The molecule has 0 amide bonds. The Labute approximate surface area is 144 Å². The fourth-order valence-corrected chi connectivity index (χ4v) is 2.94. The number of aryl methyl sites for hydroxylation is 3. The summed E-state index contributed by atoms with van der Waals surface area (Å²) in [7, 11) is -4.45. The largest absolute Gasteiger partial charge is 0.437 e. The van der Waals surface area contributed by atoms with E-state index in [1.165, 1.54) is 36.4 Å². The molecule has 0 spiro atoms. The van der Waals surface area contributed by atoms with Crippen LogP contribution in [0.5, 0.6) is 0 Å². The summed E-state index contributed by atoms with van der Waals surface area (Å²) in [4.78, 5) is -0.274. The molecule has 8 heteroatoms. The summed E-state index contributed by atoms with van der Waals surface area (Å²) >= 11 is 0. The second kappa shape index (κ2) is 6.87. The van der Waals surface area contributed by atoms with Crippen LogP contribution < -0.4 is 0 Å². The average molecular weight is 371 g/mol. The number of oxime groups is 1. The van der Waals surface area contributed by atoms with Crippen LogP contribution in [0.25, 0.3) is 0 Å². The molecule has 0 unspecified atom stereocenters. The van der Waals surface area contributed by atoms with Crippen molar-refractivity contribution >= 4 is 15.8 Å². The number of nitrogens with zero attached hydrogens (tertiary/aromatic N) is 1. The van der Waals surface area contributed by atoms with Gasteiger partial charge in [0.1, 0.15) is 4.90 Å². The first-order valence-corrected chi connectivity index (χ1v) is 8.64. The van der Waals surface area contributed by atoms with Gasteiger partial charge in [0.15, 0.2) is 5.71 Å². The smallest absolute Gasteiger partial charge is 0.264 e. The van der Waals surface area contributed by atoms with Crippen molar-refractivity contribution in [1.82, 2.24) is 0 Å². The highest BCUT2D eigenvalue weighted by atomic mass is 32.2. The lowest BCUT2D eigenvalue weighted by molar-refractivity contribution is -0.0597. The summed E-state index contributed by atoms with van der Waals surface area (Å²) in [6.07, 6.45) is -4.87. The summed E-state index contributed by atoms with van der Waals surface area (Å²) in [5.74, 6) is 0. The Hall–Kier alpha value is -2.35. The van der Waals surface area contributed by atoms with Crippen molar-refractivity contribution in [2.75, 3.05) is 0 Å². The number of rotatable bonds is 4. The maximum atomic E-state index is 13.3. The normalized spacial score (nSPS) is 13.0. The van der Waals surface area contributed by atoms with Crippen LogP contribution in [0.2, 0.25) is 0 Å². The molecule has 0 saturated carbocycles. The number of hydrogen-bond donors (Lipinski definition) is 0. The minimum Gasteiger partial charge on any atom is -0.264 e. The van der Waals surface area contributed by atoms with Gasteiger partial charge >= 0.3 is 16.3 Å². The number of halogens is 3. The predicted octanol–water partition coefficient (Wildman–Crippen LogP) is 4.28. The van der Waals surface area contributed by atoms with Crippen LogP contribution in [0.1, 0.15) is 22.3 Å². The predicted molar refractivity (Wildman–Crippen MR) is 88.0 cm³/mol. The van der Waals surface area contributed by atoms with Gasteiger partial charge in [0.25, 0.3) is 0 Å². The van der Waals surface area contributed by atoms with Crippen molar-refractivity contribution in [2.24, 2.45) is 5.16 Å². The minimum absolute atomic E-state index is 0.260. The van der Waals surface area contributed by atoms with Gasteiger partial charge in [-0.15, -0.1) is 0 Å². The quantitative estimate of drug-likeness (QED) is 0.595. The Bertz CT molecular complexity index is 881. The lowest BCUT2D eigenvalue weighted by Gasteiger charge is -2.12. The molecule has 0 heterocycles. The second-order valence-electron chi connectivity index (χ2n) is 5.66. The first kappa shape index (κ1) is 19.0. The zero-order valence-electron chi connectivity index (χ0n) is 13.8. The molecule has 0 atom stereocenters. The van der Waals surface area contributed by atoms with Crippen LogP contribution in [-0.2, 0) is 14.4 Å². The van der Waals surface area contributed by atoms with Gasteiger partial charge in [0.2, 0.25) is 0 Å². The zero-order chi connectivity index (χ0) is 18.8. The molecule has 0 fully saturated rings. The number of alkyl halides is 3. The van der Waals surface area contributed by atoms with E-state index in [0.717, 1.165) is 5.56 Å². The van der Waals surface area contributed by atoms with Gasteiger partial charge in [0.05, 0.1) is 0 Å². The van der Waals surface area contributed by atoms with Crippen LogP contribution in [0.3, 0.4) is 0 Å². The fraction of sp³-hybridized carbons (Fsp3) is 0.235. The van der Waals surface area contributed by atoms with E-state index in [1.807, 2.05) is 0 Å². The second-order valence-corrected chi connectivity index (χ2v) is 7.18. The highest BCUT2D eigenvalue weighted by molar-refractivity contribution is 7.86. The highest BCUT2D eigenvalue weighted by Crippen LogP contribution is 2.25. The zero-order valence-corrected chi connectivity index (χ0v) is 14.6. The lowest BCUT2D eigenvalue weighted by Crippen LogP contribution is -2.25. The van der Waals surface area contributed by atoms with Crippen molar-refractivity contribution in [3.05, 3.63) is 64.7 Å². The van der Waals surface area contributed by atoms with E-state index >= 15 is 0 Å². The molecule has 0 aliphatic heterocycles. The molecule has 0 aromatic heterocycles.